The molecule has 42 heavy (non-hydrogen) atoms. The van der Waals surface area contributed by atoms with Crippen molar-refractivity contribution in [1.29, 1.82) is 0 Å². The molecule has 9 heteroatoms. The van der Waals surface area contributed by atoms with Crippen LogP contribution in [0.5, 0.6) is 5.75 Å². The van der Waals surface area contributed by atoms with Gasteiger partial charge in [-0.1, -0.05) is 60.7 Å². The summed E-state index contributed by atoms with van der Waals surface area (Å²) in [7, 11) is 0. The van der Waals surface area contributed by atoms with E-state index in [9.17, 15) is 24.3 Å². The normalized spacial score (nSPS) is 17.9. The Balaban J connectivity index is 1.53. The van der Waals surface area contributed by atoms with Crippen molar-refractivity contribution >= 4 is 23.8 Å². The summed E-state index contributed by atoms with van der Waals surface area (Å²) in [4.78, 5) is 53.0. The highest BCUT2D eigenvalue weighted by Crippen LogP contribution is 2.37. The number of hydrogen-bond acceptors (Lipinski definition) is 7. The van der Waals surface area contributed by atoms with Gasteiger partial charge in [-0.15, -0.1) is 0 Å². The minimum absolute atomic E-state index is 0.0333. The number of carboxylic acid groups (broad SMARTS) is 1. The van der Waals surface area contributed by atoms with E-state index in [4.69, 9.17) is 14.2 Å². The first-order valence-corrected chi connectivity index (χ1v) is 14.0. The van der Waals surface area contributed by atoms with Crippen LogP contribution >= 0.6 is 0 Å². The zero-order valence-electron chi connectivity index (χ0n) is 23.7. The van der Waals surface area contributed by atoms with Crippen LogP contribution in [0, 0.1) is 18.8 Å². The number of Topliss-reactive ketones (excluding diaryl/α,β-unsaturated/α-hetero) is 1. The Morgan fingerprint density at radius 3 is 2.19 bits per heavy atom. The van der Waals surface area contributed by atoms with Crippen LogP contribution in [0.2, 0.25) is 0 Å². The molecule has 3 aromatic carbocycles. The van der Waals surface area contributed by atoms with Gasteiger partial charge in [-0.25, -0.2) is 9.59 Å². The summed E-state index contributed by atoms with van der Waals surface area (Å²) in [6.45, 7) is 3.72. The van der Waals surface area contributed by atoms with Gasteiger partial charge in [0.2, 0.25) is 0 Å². The van der Waals surface area contributed by atoms with Gasteiger partial charge in [0, 0.05) is 30.4 Å². The summed E-state index contributed by atoms with van der Waals surface area (Å²) >= 11 is 0. The SMILES string of the molecule is CCOC(=O)[C@@H]1[C@@H](CC(=O)O)[C@@H](C(=O)c2ccc(OCCc3ccccc3)c(C)c2)CN1C(=O)OCc1ccccc1. The minimum Gasteiger partial charge on any atom is -0.493 e. The van der Waals surface area contributed by atoms with E-state index in [2.05, 4.69) is 0 Å². The highest BCUT2D eigenvalue weighted by atomic mass is 16.6. The van der Waals surface area contributed by atoms with E-state index in [0.717, 1.165) is 28.0 Å². The number of carboxylic acids is 1. The molecule has 1 heterocycles. The van der Waals surface area contributed by atoms with E-state index in [1.54, 1.807) is 49.4 Å². The van der Waals surface area contributed by atoms with Gasteiger partial charge in [-0.05, 0) is 48.7 Å². The summed E-state index contributed by atoms with van der Waals surface area (Å²) in [6.07, 6.45) is -0.589. The molecule has 0 aromatic heterocycles. The van der Waals surface area contributed by atoms with Crippen LogP contribution in [0.15, 0.2) is 78.9 Å². The maximum absolute atomic E-state index is 13.8. The van der Waals surface area contributed by atoms with Crippen LogP contribution in [0.25, 0.3) is 0 Å². The Kier molecular flexibility index (Phi) is 10.3. The summed E-state index contributed by atoms with van der Waals surface area (Å²) in [5, 5.41) is 9.68. The third-order valence-electron chi connectivity index (χ3n) is 7.32. The molecule has 0 spiro atoms. The third-order valence-corrected chi connectivity index (χ3v) is 7.32. The van der Waals surface area contributed by atoms with Crippen LogP contribution in [0.4, 0.5) is 4.79 Å². The Labute approximate surface area is 245 Å². The van der Waals surface area contributed by atoms with Crippen LogP contribution < -0.4 is 4.74 Å². The third kappa shape index (κ3) is 7.54. The van der Waals surface area contributed by atoms with Crippen molar-refractivity contribution < 1.29 is 38.5 Å². The fraction of sp³-hybridized carbons (Fsp3) is 0.333. The number of amides is 1. The number of aliphatic carboxylic acids is 1. The molecule has 1 amide bonds. The number of rotatable bonds is 12. The molecule has 0 aliphatic carbocycles. The number of carbonyl (C=O) groups is 4. The van der Waals surface area contributed by atoms with Crippen molar-refractivity contribution in [2.45, 2.75) is 39.3 Å². The molecule has 1 N–H and O–H groups in total. The molecule has 0 bridgehead atoms. The van der Waals surface area contributed by atoms with Crippen LogP contribution in [-0.4, -0.2) is 59.6 Å². The fourth-order valence-corrected chi connectivity index (χ4v) is 5.27. The summed E-state index contributed by atoms with van der Waals surface area (Å²) < 4.78 is 16.6. The van der Waals surface area contributed by atoms with Gasteiger partial charge in [0.15, 0.2) is 5.78 Å². The highest BCUT2D eigenvalue weighted by Gasteiger charge is 2.52. The second-order valence-electron chi connectivity index (χ2n) is 10.2. The van der Waals surface area contributed by atoms with Crippen LogP contribution in [0.3, 0.4) is 0 Å². The highest BCUT2D eigenvalue weighted by molar-refractivity contribution is 6.00. The summed E-state index contributed by atoms with van der Waals surface area (Å²) in [5.74, 6) is -3.65. The molecule has 1 aliphatic heterocycles. The second kappa shape index (κ2) is 14.3. The minimum atomic E-state index is -1.28. The monoisotopic (exact) mass is 573 g/mol. The van der Waals surface area contributed by atoms with Gasteiger partial charge >= 0.3 is 18.0 Å². The Hall–Kier alpha value is -4.66. The first kappa shape index (κ1) is 30.3. The van der Waals surface area contributed by atoms with Crippen LogP contribution in [0.1, 0.15) is 40.4 Å². The van der Waals surface area contributed by atoms with E-state index in [1.165, 1.54) is 0 Å². The summed E-state index contributed by atoms with van der Waals surface area (Å²) in [5.41, 5.74) is 2.97. The maximum atomic E-state index is 13.8. The smallest absolute Gasteiger partial charge is 0.410 e. The molecule has 0 saturated carbocycles. The van der Waals surface area contributed by atoms with Crippen LogP contribution in [-0.2, 0) is 32.1 Å². The number of hydrogen-bond donors (Lipinski definition) is 1. The standard InChI is InChI=1S/C33H35NO8/c1-3-40-32(38)30-26(19-29(35)36)27(20-34(30)33(39)42-21-24-12-8-5-9-13-24)31(37)25-14-15-28(22(2)18-25)41-17-16-23-10-6-4-7-11-23/h4-15,18,26-27,30H,3,16-17,19-21H2,1-2H3,(H,35,36)/t26-,27-,30-/m0/s1. The van der Waals surface area contributed by atoms with Gasteiger partial charge in [0.05, 0.1) is 19.6 Å². The first-order chi connectivity index (χ1) is 20.3. The number of carbonyl (C=O) groups excluding carboxylic acids is 3. The van der Waals surface area contributed by atoms with E-state index in [-0.39, 0.29) is 25.5 Å². The van der Waals surface area contributed by atoms with E-state index >= 15 is 0 Å². The lowest BCUT2D eigenvalue weighted by molar-refractivity contribution is -0.150. The lowest BCUT2D eigenvalue weighted by atomic mass is 9.82. The van der Waals surface area contributed by atoms with E-state index in [0.29, 0.717) is 17.9 Å². The van der Waals surface area contributed by atoms with Crippen molar-refractivity contribution in [2.75, 3.05) is 19.8 Å². The van der Waals surface area contributed by atoms with Gasteiger partial charge in [0.1, 0.15) is 18.4 Å². The molecule has 3 atom stereocenters. The Morgan fingerprint density at radius 1 is 0.905 bits per heavy atom. The van der Waals surface area contributed by atoms with Gasteiger partial charge in [0.25, 0.3) is 0 Å². The predicted octanol–water partition coefficient (Wildman–Crippen LogP) is 5.09. The predicted molar refractivity (Wildman–Crippen MR) is 154 cm³/mol. The molecule has 9 nitrogen and oxygen atoms in total. The van der Waals surface area contributed by atoms with Crippen molar-refractivity contribution in [3.8, 4) is 5.75 Å². The largest absolute Gasteiger partial charge is 0.493 e. The number of likely N-dealkylation sites (tertiary alicyclic amines) is 1. The molecular weight excluding hydrogens is 538 g/mol. The molecule has 1 aliphatic rings. The quantitative estimate of drug-likeness (QED) is 0.235. The summed E-state index contributed by atoms with van der Waals surface area (Å²) in [6, 6.07) is 22.7. The lowest BCUT2D eigenvalue weighted by Gasteiger charge is -2.25. The molecular formula is C33H35NO8. The van der Waals surface area contributed by atoms with Gasteiger partial charge in [-0.3, -0.25) is 14.5 Å². The van der Waals surface area contributed by atoms with Crippen molar-refractivity contribution in [3.05, 3.63) is 101 Å². The van der Waals surface area contributed by atoms with E-state index < -0.39 is 42.3 Å². The zero-order chi connectivity index (χ0) is 30.1. The molecule has 1 fully saturated rings. The number of aryl methyl sites for hydroxylation is 1. The molecule has 0 radical (unpaired) electrons. The number of benzene rings is 3. The average molecular weight is 574 g/mol. The Bertz CT molecular complexity index is 1390. The van der Waals surface area contributed by atoms with E-state index in [1.807, 2.05) is 43.3 Å². The Morgan fingerprint density at radius 2 is 1.57 bits per heavy atom. The second-order valence-corrected chi connectivity index (χ2v) is 10.2. The molecule has 220 valence electrons. The molecule has 1 saturated heterocycles. The maximum Gasteiger partial charge on any atom is 0.410 e. The number of esters is 1. The number of nitrogens with zero attached hydrogens (tertiary/aromatic N) is 1. The fourth-order valence-electron chi connectivity index (χ4n) is 5.27. The van der Waals surface area contributed by atoms with Crippen molar-refractivity contribution in [3.63, 3.8) is 0 Å². The average Bonchev–Trinajstić information content (AvgIpc) is 3.36. The number of ketones is 1. The van der Waals surface area contributed by atoms with Crippen molar-refractivity contribution in [2.24, 2.45) is 11.8 Å². The van der Waals surface area contributed by atoms with Gasteiger partial charge < -0.3 is 19.3 Å². The molecule has 0 unspecified atom stereocenters. The molecule has 4 rings (SSSR count). The van der Waals surface area contributed by atoms with Crippen molar-refractivity contribution in [1.82, 2.24) is 4.90 Å². The molecule has 3 aromatic rings. The number of ether oxygens (including phenoxy) is 3. The lowest BCUT2D eigenvalue weighted by Crippen LogP contribution is -2.45. The first-order valence-electron chi connectivity index (χ1n) is 14.0. The zero-order valence-corrected chi connectivity index (χ0v) is 23.7. The van der Waals surface area contributed by atoms with Gasteiger partial charge in [-0.2, -0.15) is 0 Å². The topological polar surface area (TPSA) is 119 Å².